The van der Waals surface area contributed by atoms with Gasteiger partial charge in [-0.3, -0.25) is 9.78 Å². The summed E-state index contributed by atoms with van der Waals surface area (Å²) in [6, 6.07) is 5.19. The Labute approximate surface area is 106 Å². The number of hydrogen-bond acceptors (Lipinski definition) is 3. The number of pyridine rings is 1. The zero-order valence-electron chi connectivity index (χ0n) is 9.50. The smallest absolute Gasteiger partial charge is 0.273 e. The average Bonchev–Trinajstić information content (AvgIpc) is 2.39. The molecule has 1 aromatic heterocycles. The number of rotatable bonds is 2. The van der Waals surface area contributed by atoms with E-state index >= 15 is 0 Å². The highest BCUT2D eigenvalue weighted by Crippen LogP contribution is 2.19. The molecule has 4 nitrogen and oxygen atoms in total. The highest BCUT2D eigenvalue weighted by Gasteiger charge is 2.29. The van der Waals surface area contributed by atoms with Gasteiger partial charge in [-0.2, -0.15) is 0 Å². The molecule has 17 heavy (non-hydrogen) atoms. The molecular weight excluding hydrogens is 234 g/mol. The van der Waals surface area contributed by atoms with Crippen molar-refractivity contribution < 1.29 is 4.79 Å². The normalized spacial score (nSPS) is 20.0. The summed E-state index contributed by atoms with van der Waals surface area (Å²) < 4.78 is 0. The van der Waals surface area contributed by atoms with E-state index in [0.717, 1.165) is 19.3 Å². The van der Waals surface area contributed by atoms with Crippen molar-refractivity contribution in [1.29, 1.82) is 0 Å². The quantitative estimate of drug-likeness (QED) is 0.804. The predicted molar refractivity (Wildman–Crippen MR) is 69.7 cm³/mol. The van der Waals surface area contributed by atoms with E-state index in [2.05, 4.69) is 4.98 Å². The van der Waals surface area contributed by atoms with Crippen LogP contribution in [-0.2, 0) is 0 Å². The SMILES string of the molecule is NC(=S)C1CCCCN1C(=O)c1ccccn1. The fourth-order valence-corrected chi connectivity index (χ4v) is 2.35. The van der Waals surface area contributed by atoms with Gasteiger partial charge in [0.15, 0.2) is 0 Å². The van der Waals surface area contributed by atoms with Crippen molar-refractivity contribution in [1.82, 2.24) is 9.88 Å². The number of likely N-dealkylation sites (tertiary alicyclic amines) is 1. The number of thiocarbonyl (C=S) groups is 1. The summed E-state index contributed by atoms with van der Waals surface area (Å²) in [6.07, 6.45) is 4.53. The summed E-state index contributed by atoms with van der Waals surface area (Å²) in [5.41, 5.74) is 6.14. The molecule has 1 fully saturated rings. The zero-order chi connectivity index (χ0) is 12.3. The van der Waals surface area contributed by atoms with Crippen molar-refractivity contribution in [3.63, 3.8) is 0 Å². The summed E-state index contributed by atoms with van der Waals surface area (Å²) in [6.45, 7) is 0.706. The van der Waals surface area contributed by atoms with E-state index in [9.17, 15) is 4.79 Å². The second kappa shape index (κ2) is 5.23. The van der Waals surface area contributed by atoms with Gasteiger partial charge in [-0.25, -0.2) is 0 Å². The maximum Gasteiger partial charge on any atom is 0.273 e. The van der Waals surface area contributed by atoms with Crippen LogP contribution in [0, 0.1) is 0 Å². The predicted octanol–water partition coefficient (Wildman–Crippen LogP) is 1.36. The Morgan fingerprint density at radius 3 is 2.94 bits per heavy atom. The maximum atomic E-state index is 12.3. The molecule has 0 bridgehead atoms. The van der Waals surface area contributed by atoms with Gasteiger partial charge < -0.3 is 10.6 Å². The Kier molecular flexibility index (Phi) is 3.68. The molecule has 0 radical (unpaired) electrons. The molecule has 1 atom stereocenters. The van der Waals surface area contributed by atoms with E-state index < -0.39 is 0 Å². The molecule has 1 saturated heterocycles. The zero-order valence-corrected chi connectivity index (χ0v) is 10.3. The third-order valence-electron chi connectivity index (χ3n) is 2.98. The van der Waals surface area contributed by atoms with Gasteiger partial charge in [0.25, 0.3) is 5.91 Å². The highest BCUT2D eigenvalue weighted by atomic mass is 32.1. The first-order valence-electron chi connectivity index (χ1n) is 5.71. The van der Waals surface area contributed by atoms with E-state index in [-0.39, 0.29) is 11.9 Å². The van der Waals surface area contributed by atoms with E-state index in [0.29, 0.717) is 17.2 Å². The van der Waals surface area contributed by atoms with Crippen LogP contribution >= 0.6 is 12.2 Å². The summed E-state index contributed by atoms with van der Waals surface area (Å²) in [5, 5.41) is 0. The van der Waals surface area contributed by atoms with Gasteiger partial charge >= 0.3 is 0 Å². The second-order valence-corrected chi connectivity index (χ2v) is 4.60. The van der Waals surface area contributed by atoms with Crippen LogP contribution in [0.1, 0.15) is 29.8 Å². The van der Waals surface area contributed by atoms with Crippen LogP contribution in [0.25, 0.3) is 0 Å². The summed E-state index contributed by atoms with van der Waals surface area (Å²) in [4.78, 5) is 18.5. The topological polar surface area (TPSA) is 59.2 Å². The molecule has 1 unspecified atom stereocenters. The number of aromatic nitrogens is 1. The molecule has 2 rings (SSSR count). The van der Waals surface area contributed by atoms with Crippen molar-refractivity contribution in [3.8, 4) is 0 Å². The Balaban J connectivity index is 2.20. The number of piperidine rings is 1. The van der Waals surface area contributed by atoms with E-state index in [1.54, 1.807) is 29.3 Å². The largest absolute Gasteiger partial charge is 0.392 e. The van der Waals surface area contributed by atoms with Crippen LogP contribution < -0.4 is 5.73 Å². The van der Waals surface area contributed by atoms with Gasteiger partial charge in [0.05, 0.1) is 11.0 Å². The van der Waals surface area contributed by atoms with Crippen molar-refractivity contribution in [2.24, 2.45) is 5.73 Å². The molecule has 0 spiro atoms. The van der Waals surface area contributed by atoms with Crippen LogP contribution in [0.2, 0.25) is 0 Å². The molecule has 0 saturated carbocycles. The first-order chi connectivity index (χ1) is 8.20. The Bertz CT molecular complexity index is 421. The van der Waals surface area contributed by atoms with E-state index in [1.165, 1.54) is 0 Å². The van der Waals surface area contributed by atoms with Gasteiger partial charge in [0, 0.05) is 12.7 Å². The third-order valence-corrected chi connectivity index (χ3v) is 3.25. The Morgan fingerprint density at radius 2 is 2.29 bits per heavy atom. The summed E-state index contributed by atoms with van der Waals surface area (Å²) >= 11 is 5.03. The van der Waals surface area contributed by atoms with Gasteiger partial charge in [-0.1, -0.05) is 18.3 Å². The average molecular weight is 249 g/mol. The number of carbonyl (C=O) groups excluding carboxylic acids is 1. The molecule has 1 aromatic rings. The van der Waals surface area contributed by atoms with Crippen LogP contribution in [0.5, 0.6) is 0 Å². The van der Waals surface area contributed by atoms with Crippen molar-refractivity contribution >= 4 is 23.1 Å². The first kappa shape index (κ1) is 12.0. The Morgan fingerprint density at radius 1 is 1.47 bits per heavy atom. The standard InChI is InChI=1S/C12H15N3OS/c13-11(17)10-6-2-4-8-15(10)12(16)9-5-1-3-7-14-9/h1,3,5,7,10H,2,4,6,8H2,(H2,13,17). The minimum Gasteiger partial charge on any atom is -0.392 e. The Hall–Kier alpha value is -1.49. The molecule has 90 valence electrons. The second-order valence-electron chi connectivity index (χ2n) is 4.13. The molecule has 1 aliphatic rings. The lowest BCUT2D eigenvalue weighted by molar-refractivity contribution is 0.0675. The fraction of sp³-hybridized carbons (Fsp3) is 0.417. The summed E-state index contributed by atoms with van der Waals surface area (Å²) in [5.74, 6) is -0.0805. The molecule has 1 aliphatic heterocycles. The number of nitrogens with two attached hydrogens (primary N) is 1. The van der Waals surface area contributed by atoms with Gasteiger partial charge in [0.2, 0.25) is 0 Å². The monoisotopic (exact) mass is 249 g/mol. The lowest BCUT2D eigenvalue weighted by atomic mass is 10.0. The van der Waals surface area contributed by atoms with Crippen molar-refractivity contribution in [2.45, 2.75) is 25.3 Å². The minimum atomic E-state index is -0.117. The van der Waals surface area contributed by atoms with Crippen molar-refractivity contribution in [3.05, 3.63) is 30.1 Å². The van der Waals surface area contributed by atoms with Gasteiger partial charge in [-0.05, 0) is 31.4 Å². The highest BCUT2D eigenvalue weighted by molar-refractivity contribution is 7.80. The maximum absolute atomic E-state index is 12.3. The van der Waals surface area contributed by atoms with Crippen LogP contribution in [0.15, 0.2) is 24.4 Å². The first-order valence-corrected chi connectivity index (χ1v) is 6.12. The molecule has 1 amide bonds. The summed E-state index contributed by atoms with van der Waals surface area (Å²) in [7, 11) is 0. The van der Waals surface area contributed by atoms with Crippen LogP contribution in [-0.4, -0.2) is 33.4 Å². The lowest BCUT2D eigenvalue weighted by Crippen LogP contribution is -2.50. The van der Waals surface area contributed by atoms with Crippen LogP contribution in [0.3, 0.4) is 0 Å². The van der Waals surface area contributed by atoms with Crippen molar-refractivity contribution in [2.75, 3.05) is 6.54 Å². The molecule has 2 heterocycles. The number of amides is 1. The molecule has 2 N–H and O–H groups in total. The van der Waals surface area contributed by atoms with E-state index in [1.807, 2.05) is 0 Å². The molecule has 0 aromatic carbocycles. The van der Waals surface area contributed by atoms with Crippen LogP contribution in [0.4, 0.5) is 0 Å². The number of carbonyl (C=O) groups is 1. The third kappa shape index (κ3) is 2.61. The van der Waals surface area contributed by atoms with Gasteiger partial charge in [0.1, 0.15) is 5.69 Å². The van der Waals surface area contributed by atoms with E-state index in [4.69, 9.17) is 18.0 Å². The molecule has 5 heteroatoms. The lowest BCUT2D eigenvalue weighted by Gasteiger charge is -2.34. The minimum absolute atomic E-state index is 0.0805. The fourth-order valence-electron chi connectivity index (χ4n) is 2.11. The number of nitrogens with zero attached hydrogens (tertiary/aromatic N) is 2. The number of hydrogen-bond donors (Lipinski definition) is 1. The molecular formula is C12H15N3OS. The van der Waals surface area contributed by atoms with Gasteiger partial charge in [-0.15, -0.1) is 0 Å². The molecule has 0 aliphatic carbocycles.